The lowest BCUT2D eigenvalue weighted by Crippen LogP contribution is -2.37. The van der Waals surface area contributed by atoms with Gasteiger partial charge in [0.1, 0.15) is 0 Å². The Labute approximate surface area is 99.8 Å². The maximum atomic E-state index is 9.49. The van der Waals surface area contributed by atoms with Crippen LogP contribution in [0.3, 0.4) is 0 Å². The van der Waals surface area contributed by atoms with Gasteiger partial charge in [-0.3, -0.25) is 0 Å². The molecule has 2 nitrogen and oxygen atoms in total. The molecule has 2 rings (SSSR count). The quantitative estimate of drug-likeness (QED) is 0.771. The van der Waals surface area contributed by atoms with Crippen molar-refractivity contribution in [2.24, 2.45) is 11.8 Å². The van der Waals surface area contributed by atoms with Crippen molar-refractivity contribution in [3.63, 3.8) is 0 Å². The minimum atomic E-state index is -0.0169. The summed E-state index contributed by atoms with van der Waals surface area (Å²) in [6, 6.07) is 0.679. The van der Waals surface area contributed by atoms with Gasteiger partial charge in [-0.25, -0.2) is 0 Å². The van der Waals surface area contributed by atoms with Crippen LogP contribution in [0.2, 0.25) is 0 Å². The SMILES string of the molecule is CC(NCC1CCC(O)C1)C1CCCCC1. The highest BCUT2D eigenvalue weighted by Gasteiger charge is 2.24. The minimum Gasteiger partial charge on any atom is -0.393 e. The van der Waals surface area contributed by atoms with Gasteiger partial charge in [0.15, 0.2) is 0 Å². The number of aliphatic hydroxyl groups excluding tert-OH is 1. The number of hydrogen-bond acceptors (Lipinski definition) is 2. The zero-order chi connectivity index (χ0) is 11.4. The molecular weight excluding hydrogens is 198 g/mol. The summed E-state index contributed by atoms with van der Waals surface area (Å²) in [6.45, 7) is 3.47. The van der Waals surface area contributed by atoms with E-state index in [-0.39, 0.29) is 6.10 Å². The third kappa shape index (κ3) is 3.46. The predicted octanol–water partition coefficient (Wildman–Crippen LogP) is 2.71. The zero-order valence-electron chi connectivity index (χ0n) is 10.6. The third-order valence-electron chi connectivity index (χ3n) is 4.60. The van der Waals surface area contributed by atoms with E-state index in [0.717, 1.165) is 31.2 Å². The van der Waals surface area contributed by atoms with Gasteiger partial charge in [0.2, 0.25) is 0 Å². The fraction of sp³-hybridized carbons (Fsp3) is 1.00. The topological polar surface area (TPSA) is 32.3 Å². The fourth-order valence-electron chi connectivity index (χ4n) is 3.39. The standard InChI is InChI=1S/C14H27NO/c1-11(13-5-3-2-4-6-13)15-10-12-7-8-14(16)9-12/h11-16H,2-10H2,1H3. The van der Waals surface area contributed by atoms with E-state index in [0.29, 0.717) is 6.04 Å². The van der Waals surface area contributed by atoms with Crippen molar-refractivity contribution in [3.8, 4) is 0 Å². The van der Waals surface area contributed by atoms with E-state index in [1.807, 2.05) is 0 Å². The van der Waals surface area contributed by atoms with Gasteiger partial charge >= 0.3 is 0 Å². The first kappa shape index (κ1) is 12.4. The van der Waals surface area contributed by atoms with Gasteiger partial charge in [-0.2, -0.15) is 0 Å². The Kier molecular flexibility index (Phi) is 4.66. The van der Waals surface area contributed by atoms with Crippen molar-refractivity contribution < 1.29 is 5.11 Å². The minimum absolute atomic E-state index is 0.0169. The van der Waals surface area contributed by atoms with Gasteiger partial charge in [-0.05, 0) is 57.4 Å². The van der Waals surface area contributed by atoms with Crippen molar-refractivity contribution in [3.05, 3.63) is 0 Å². The van der Waals surface area contributed by atoms with Crippen molar-refractivity contribution in [1.29, 1.82) is 0 Å². The predicted molar refractivity (Wildman–Crippen MR) is 67.4 cm³/mol. The van der Waals surface area contributed by atoms with Gasteiger partial charge in [-0.1, -0.05) is 19.3 Å². The van der Waals surface area contributed by atoms with Crippen LogP contribution < -0.4 is 5.32 Å². The summed E-state index contributed by atoms with van der Waals surface area (Å²) in [5, 5.41) is 13.2. The molecule has 0 aliphatic heterocycles. The van der Waals surface area contributed by atoms with Crippen LogP contribution in [0.15, 0.2) is 0 Å². The summed E-state index contributed by atoms with van der Waals surface area (Å²) in [5.74, 6) is 1.63. The molecule has 16 heavy (non-hydrogen) atoms. The second kappa shape index (κ2) is 6.02. The van der Waals surface area contributed by atoms with Crippen molar-refractivity contribution >= 4 is 0 Å². The highest BCUT2D eigenvalue weighted by atomic mass is 16.3. The molecule has 2 aliphatic carbocycles. The number of aliphatic hydroxyl groups is 1. The molecule has 0 aromatic rings. The summed E-state index contributed by atoms with van der Waals surface area (Å²) in [7, 11) is 0. The van der Waals surface area contributed by atoms with Crippen LogP contribution in [-0.4, -0.2) is 23.8 Å². The molecule has 0 bridgehead atoms. The lowest BCUT2D eigenvalue weighted by molar-refractivity contribution is 0.176. The van der Waals surface area contributed by atoms with Crippen LogP contribution in [0.25, 0.3) is 0 Å². The molecule has 0 heterocycles. The van der Waals surface area contributed by atoms with Gasteiger partial charge in [0, 0.05) is 6.04 Å². The second-order valence-corrected chi connectivity index (χ2v) is 5.93. The van der Waals surface area contributed by atoms with E-state index in [1.165, 1.54) is 38.5 Å². The van der Waals surface area contributed by atoms with Gasteiger partial charge in [-0.15, -0.1) is 0 Å². The van der Waals surface area contributed by atoms with E-state index < -0.39 is 0 Å². The molecule has 0 amide bonds. The van der Waals surface area contributed by atoms with Crippen LogP contribution >= 0.6 is 0 Å². The van der Waals surface area contributed by atoms with Crippen molar-refractivity contribution in [2.75, 3.05) is 6.54 Å². The van der Waals surface area contributed by atoms with E-state index >= 15 is 0 Å². The van der Waals surface area contributed by atoms with Crippen molar-refractivity contribution in [1.82, 2.24) is 5.32 Å². The summed E-state index contributed by atoms with van der Waals surface area (Å²) in [4.78, 5) is 0. The molecule has 2 aliphatic rings. The first-order chi connectivity index (χ1) is 7.75. The highest BCUT2D eigenvalue weighted by molar-refractivity contribution is 4.80. The molecule has 2 saturated carbocycles. The molecule has 3 atom stereocenters. The second-order valence-electron chi connectivity index (χ2n) is 5.93. The van der Waals surface area contributed by atoms with Gasteiger partial charge in [0.25, 0.3) is 0 Å². The molecule has 0 aromatic heterocycles. The lowest BCUT2D eigenvalue weighted by Gasteiger charge is -2.29. The molecule has 2 fully saturated rings. The number of rotatable bonds is 4. The van der Waals surface area contributed by atoms with Crippen LogP contribution in [0.1, 0.15) is 58.3 Å². The molecular formula is C14H27NO. The summed E-state index contributed by atoms with van der Waals surface area (Å²) in [6.07, 6.45) is 10.4. The normalized spacial score (nSPS) is 34.1. The molecule has 2 heteroatoms. The van der Waals surface area contributed by atoms with Crippen LogP contribution in [0.5, 0.6) is 0 Å². The number of hydrogen-bond donors (Lipinski definition) is 2. The molecule has 94 valence electrons. The van der Waals surface area contributed by atoms with Crippen LogP contribution in [0, 0.1) is 11.8 Å². The average Bonchev–Trinajstić information content (AvgIpc) is 2.73. The highest BCUT2D eigenvalue weighted by Crippen LogP contribution is 2.28. The van der Waals surface area contributed by atoms with Gasteiger partial charge < -0.3 is 10.4 Å². The van der Waals surface area contributed by atoms with E-state index in [9.17, 15) is 5.11 Å². The Hall–Kier alpha value is -0.0800. The maximum absolute atomic E-state index is 9.49. The fourth-order valence-corrected chi connectivity index (χ4v) is 3.39. The number of nitrogens with one attached hydrogen (secondary N) is 1. The zero-order valence-corrected chi connectivity index (χ0v) is 10.6. The molecule has 3 unspecified atom stereocenters. The van der Waals surface area contributed by atoms with E-state index in [2.05, 4.69) is 12.2 Å². The van der Waals surface area contributed by atoms with Crippen LogP contribution in [0.4, 0.5) is 0 Å². The lowest BCUT2D eigenvalue weighted by atomic mass is 9.84. The Balaban J connectivity index is 1.64. The molecule has 0 aromatic carbocycles. The molecule has 2 N–H and O–H groups in total. The van der Waals surface area contributed by atoms with Crippen molar-refractivity contribution in [2.45, 2.75) is 70.4 Å². The van der Waals surface area contributed by atoms with Crippen LogP contribution in [-0.2, 0) is 0 Å². The summed E-state index contributed by atoms with van der Waals surface area (Å²) < 4.78 is 0. The average molecular weight is 225 g/mol. The monoisotopic (exact) mass is 225 g/mol. The largest absolute Gasteiger partial charge is 0.393 e. The van der Waals surface area contributed by atoms with Gasteiger partial charge in [0.05, 0.1) is 6.10 Å². The molecule has 0 radical (unpaired) electrons. The summed E-state index contributed by atoms with van der Waals surface area (Å²) >= 11 is 0. The Morgan fingerprint density at radius 2 is 1.88 bits per heavy atom. The maximum Gasteiger partial charge on any atom is 0.0543 e. The first-order valence-corrected chi connectivity index (χ1v) is 7.17. The smallest absolute Gasteiger partial charge is 0.0543 e. The van der Waals surface area contributed by atoms with E-state index in [1.54, 1.807) is 0 Å². The third-order valence-corrected chi connectivity index (χ3v) is 4.60. The van der Waals surface area contributed by atoms with E-state index in [4.69, 9.17) is 0 Å². The Morgan fingerprint density at radius 3 is 2.50 bits per heavy atom. The molecule has 0 spiro atoms. The molecule has 0 saturated heterocycles. The summed E-state index contributed by atoms with van der Waals surface area (Å²) in [5.41, 5.74) is 0. The Morgan fingerprint density at radius 1 is 1.12 bits per heavy atom. The Bertz CT molecular complexity index is 201. The first-order valence-electron chi connectivity index (χ1n) is 7.17.